The largest absolute Gasteiger partial charge is 0.496 e. The van der Waals surface area contributed by atoms with Gasteiger partial charge >= 0.3 is 0 Å². The Labute approximate surface area is 109 Å². The van der Waals surface area contributed by atoms with Crippen molar-refractivity contribution in [1.82, 2.24) is 0 Å². The van der Waals surface area contributed by atoms with Crippen LogP contribution in [0.3, 0.4) is 0 Å². The maximum absolute atomic E-state index is 13.8. The number of rotatable bonds is 3. The molecule has 0 aromatic heterocycles. The van der Waals surface area contributed by atoms with Gasteiger partial charge in [0, 0.05) is 0 Å². The Hall–Kier alpha value is -1.61. The highest BCUT2D eigenvalue weighted by atomic mass is 35.5. The number of methoxy groups -OCH3 is 1. The zero-order valence-corrected chi connectivity index (χ0v) is 10.4. The Morgan fingerprint density at radius 2 is 1.72 bits per heavy atom. The molecule has 1 atom stereocenters. The van der Waals surface area contributed by atoms with Crippen LogP contribution in [0.15, 0.2) is 42.5 Å². The predicted octanol–water partition coefficient (Wildman–Crippen LogP) is 4.30. The van der Waals surface area contributed by atoms with E-state index in [1.165, 1.54) is 37.4 Å². The van der Waals surface area contributed by atoms with Crippen LogP contribution < -0.4 is 4.74 Å². The summed E-state index contributed by atoms with van der Waals surface area (Å²) < 4.78 is 31.7. The lowest BCUT2D eigenvalue weighted by molar-refractivity contribution is 0.405. The summed E-state index contributed by atoms with van der Waals surface area (Å²) in [5.41, 5.74) is 0.870. The van der Waals surface area contributed by atoms with Crippen LogP contribution in [0.4, 0.5) is 8.78 Å². The van der Waals surface area contributed by atoms with Gasteiger partial charge in [0.25, 0.3) is 0 Å². The van der Waals surface area contributed by atoms with E-state index in [1.807, 2.05) is 0 Å². The monoisotopic (exact) mass is 268 g/mol. The predicted molar refractivity (Wildman–Crippen MR) is 67.0 cm³/mol. The number of ether oxygens (including phenoxy) is 1. The molecule has 0 heterocycles. The van der Waals surface area contributed by atoms with Crippen molar-refractivity contribution in [3.63, 3.8) is 0 Å². The van der Waals surface area contributed by atoms with Gasteiger partial charge in [0.05, 0.1) is 18.1 Å². The van der Waals surface area contributed by atoms with Gasteiger partial charge in [0.1, 0.15) is 17.4 Å². The third-order valence-corrected chi connectivity index (χ3v) is 3.12. The molecule has 0 saturated heterocycles. The minimum atomic E-state index is -0.721. The van der Waals surface area contributed by atoms with Crippen molar-refractivity contribution in [2.45, 2.75) is 5.38 Å². The van der Waals surface area contributed by atoms with Crippen LogP contribution in [0.5, 0.6) is 5.75 Å². The van der Waals surface area contributed by atoms with E-state index in [2.05, 4.69) is 0 Å². The average Bonchev–Trinajstić information content (AvgIpc) is 2.38. The van der Waals surface area contributed by atoms with Crippen molar-refractivity contribution >= 4 is 11.6 Å². The van der Waals surface area contributed by atoms with Crippen LogP contribution >= 0.6 is 11.6 Å². The van der Waals surface area contributed by atoms with Crippen molar-refractivity contribution in [2.75, 3.05) is 7.11 Å². The van der Waals surface area contributed by atoms with Gasteiger partial charge in [-0.15, -0.1) is 11.6 Å². The van der Waals surface area contributed by atoms with Crippen LogP contribution in [0.2, 0.25) is 0 Å². The molecule has 0 spiro atoms. The summed E-state index contributed by atoms with van der Waals surface area (Å²) in [6.45, 7) is 0. The van der Waals surface area contributed by atoms with E-state index in [4.69, 9.17) is 16.3 Å². The molecular weight excluding hydrogens is 258 g/mol. The molecule has 2 aromatic rings. The second-order valence-corrected chi connectivity index (χ2v) is 4.21. The molecule has 2 rings (SSSR count). The molecule has 18 heavy (non-hydrogen) atoms. The number of alkyl halides is 1. The van der Waals surface area contributed by atoms with Crippen molar-refractivity contribution < 1.29 is 13.5 Å². The van der Waals surface area contributed by atoms with E-state index >= 15 is 0 Å². The van der Waals surface area contributed by atoms with E-state index in [1.54, 1.807) is 12.1 Å². The highest BCUT2D eigenvalue weighted by molar-refractivity contribution is 6.22. The van der Waals surface area contributed by atoms with Gasteiger partial charge in [-0.2, -0.15) is 0 Å². The molecule has 4 heteroatoms. The first kappa shape index (κ1) is 12.8. The van der Waals surface area contributed by atoms with Crippen LogP contribution in [0.1, 0.15) is 16.5 Å². The molecule has 94 valence electrons. The molecule has 0 aliphatic rings. The van der Waals surface area contributed by atoms with Gasteiger partial charge in [-0.25, -0.2) is 8.78 Å². The molecular formula is C14H11ClF2O. The fraction of sp³-hybridized carbons (Fsp3) is 0.143. The molecule has 0 radical (unpaired) electrons. The lowest BCUT2D eigenvalue weighted by Crippen LogP contribution is -2.01. The maximum Gasteiger partial charge on any atom is 0.131 e. The fourth-order valence-electron chi connectivity index (χ4n) is 1.74. The van der Waals surface area contributed by atoms with E-state index in [9.17, 15) is 8.78 Å². The Morgan fingerprint density at radius 1 is 1.06 bits per heavy atom. The molecule has 1 unspecified atom stereocenters. The van der Waals surface area contributed by atoms with Crippen molar-refractivity contribution in [1.29, 1.82) is 0 Å². The normalized spacial score (nSPS) is 12.2. The van der Waals surface area contributed by atoms with Crippen LogP contribution in [-0.2, 0) is 0 Å². The molecule has 1 nitrogen and oxygen atoms in total. The second kappa shape index (κ2) is 5.36. The molecule has 0 aliphatic heterocycles. The SMILES string of the molecule is COc1cccc(F)c1C(Cl)c1ccc(F)cc1. The first-order valence-corrected chi connectivity index (χ1v) is 5.79. The van der Waals surface area contributed by atoms with E-state index in [0.717, 1.165) is 0 Å². The van der Waals surface area contributed by atoms with E-state index < -0.39 is 11.2 Å². The van der Waals surface area contributed by atoms with E-state index in [0.29, 0.717) is 11.3 Å². The number of hydrogen-bond acceptors (Lipinski definition) is 1. The van der Waals surface area contributed by atoms with Gasteiger partial charge < -0.3 is 4.74 Å². The zero-order chi connectivity index (χ0) is 13.1. The van der Waals surface area contributed by atoms with Crippen molar-refractivity contribution in [2.24, 2.45) is 0 Å². The second-order valence-electron chi connectivity index (χ2n) is 3.77. The summed E-state index contributed by atoms with van der Waals surface area (Å²) in [7, 11) is 1.45. The topological polar surface area (TPSA) is 9.23 Å². The lowest BCUT2D eigenvalue weighted by atomic mass is 10.0. The summed E-state index contributed by atoms with van der Waals surface area (Å²) >= 11 is 6.23. The van der Waals surface area contributed by atoms with E-state index in [-0.39, 0.29) is 11.4 Å². The Bertz CT molecular complexity index is 540. The Balaban J connectivity index is 2.45. The van der Waals surface area contributed by atoms with Crippen molar-refractivity contribution in [3.05, 3.63) is 65.2 Å². The third kappa shape index (κ3) is 2.46. The summed E-state index contributed by atoms with van der Waals surface area (Å²) in [5, 5.41) is -0.721. The molecule has 0 aliphatic carbocycles. The first-order valence-electron chi connectivity index (χ1n) is 5.35. The first-order chi connectivity index (χ1) is 8.63. The van der Waals surface area contributed by atoms with Gasteiger partial charge in [-0.1, -0.05) is 18.2 Å². The van der Waals surface area contributed by atoms with Crippen LogP contribution in [0.25, 0.3) is 0 Å². The number of benzene rings is 2. The van der Waals surface area contributed by atoms with Gasteiger partial charge in [0.15, 0.2) is 0 Å². The minimum Gasteiger partial charge on any atom is -0.496 e. The fourth-order valence-corrected chi connectivity index (χ4v) is 2.10. The van der Waals surface area contributed by atoms with Crippen LogP contribution in [0, 0.1) is 11.6 Å². The number of halogens is 3. The number of hydrogen-bond donors (Lipinski definition) is 0. The Morgan fingerprint density at radius 3 is 2.33 bits per heavy atom. The van der Waals surface area contributed by atoms with Gasteiger partial charge in [0.2, 0.25) is 0 Å². The highest BCUT2D eigenvalue weighted by Gasteiger charge is 2.19. The van der Waals surface area contributed by atoms with Gasteiger partial charge in [-0.05, 0) is 29.8 Å². The molecule has 2 aromatic carbocycles. The zero-order valence-electron chi connectivity index (χ0n) is 9.66. The van der Waals surface area contributed by atoms with Crippen LogP contribution in [-0.4, -0.2) is 7.11 Å². The van der Waals surface area contributed by atoms with Gasteiger partial charge in [-0.3, -0.25) is 0 Å². The standard InChI is InChI=1S/C14H11ClF2O/c1-18-12-4-2-3-11(17)13(12)14(15)9-5-7-10(16)8-6-9/h2-8,14H,1H3. The lowest BCUT2D eigenvalue weighted by Gasteiger charge is -2.15. The summed E-state index contributed by atoms with van der Waals surface area (Å²) in [6.07, 6.45) is 0. The minimum absolute atomic E-state index is 0.258. The third-order valence-electron chi connectivity index (χ3n) is 2.65. The van der Waals surface area contributed by atoms with Crippen molar-refractivity contribution in [3.8, 4) is 5.75 Å². The quantitative estimate of drug-likeness (QED) is 0.754. The summed E-state index contributed by atoms with van der Waals surface area (Å²) in [5.74, 6) is -0.430. The molecule has 0 bridgehead atoms. The highest BCUT2D eigenvalue weighted by Crippen LogP contribution is 2.36. The summed E-state index contributed by atoms with van der Waals surface area (Å²) in [4.78, 5) is 0. The average molecular weight is 269 g/mol. The molecule has 0 N–H and O–H groups in total. The molecule has 0 fully saturated rings. The molecule has 0 amide bonds. The summed E-state index contributed by atoms with van der Waals surface area (Å²) in [6, 6.07) is 10.1. The Kier molecular flexibility index (Phi) is 3.82. The maximum atomic E-state index is 13.8. The smallest absolute Gasteiger partial charge is 0.131 e. The molecule has 0 saturated carbocycles.